The Morgan fingerprint density at radius 3 is 2.33 bits per heavy atom. The summed E-state index contributed by atoms with van der Waals surface area (Å²) in [5, 5.41) is 2.86. The van der Waals surface area contributed by atoms with Gasteiger partial charge in [0.1, 0.15) is 15.9 Å². The zero-order chi connectivity index (χ0) is 20.1. The minimum atomic E-state index is -3.05. The van der Waals surface area contributed by atoms with E-state index in [0.29, 0.717) is 19.3 Å². The second-order valence-corrected chi connectivity index (χ2v) is 9.87. The lowest BCUT2D eigenvalue weighted by Gasteiger charge is -2.41. The highest BCUT2D eigenvalue weighted by atomic mass is 32.2. The molecule has 0 heterocycles. The van der Waals surface area contributed by atoms with E-state index in [1.54, 1.807) is 0 Å². The molecule has 2 rings (SSSR count). The first-order valence-electron chi connectivity index (χ1n) is 9.27. The predicted molar refractivity (Wildman–Crippen MR) is 104 cm³/mol. The van der Waals surface area contributed by atoms with E-state index in [-0.39, 0.29) is 11.7 Å². The molecule has 0 aromatic heterocycles. The van der Waals surface area contributed by atoms with Crippen LogP contribution in [0.3, 0.4) is 0 Å². The summed E-state index contributed by atoms with van der Waals surface area (Å²) < 4.78 is 27.6. The van der Waals surface area contributed by atoms with E-state index in [9.17, 15) is 18.0 Å². The Morgan fingerprint density at radius 1 is 1.22 bits per heavy atom. The Labute approximate surface area is 161 Å². The van der Waals surface area contributed by atoms with Crippen LogP contribution >= 0.6 is 0 Å². The summed E-state index contributed by atoms with van der Waals surface area (Å²) in [6.07, 6.45) is 4.92. The van der Waals surface area contributed by atoms with Crippen LogP contribution in [-0.4, -0.2) is 45.5 Å². The standard InChI is InChI=1S/C20H29NO5S/c1-15-6-8-16(9-7-15)14-17(18(22)26-2)21-19(23)20(10-4-11-20)12-5-13-27(3,24)25/h6-9,17H,4-5,10-14H2,1-3H3,(H,21,23). The lowest BCUT2D eigenvalue weighted by molar-refractivity contribution is -0.148. The van der Waals surface area contributed by atoms with Crippen molar-refractivity contribution in [2.45, 2.75) is 51.5 Å². The maximum absolute atomic E-state index is 12.9. The van der Waals surface area contributed by atoms with Gasteiger partial charge in [-0.2, -0.15) is 0 Å². The third-order valence-electron chi connectivity index (χ3n) is 5.31. The van der Waals surface area contributed by atoms with Crippen molar-refractivity contribution >= 4 is 21.7 Å². The summed E-state index contributed by atoms with van der Waals surface area (Å²) in [5.41, 5.74) is 1.50. The highest BCUT2D eigenvalue weighted by Gasteiger charge is 2.44. The Kier molecular flexibility index (Phi) is 7.03. The number of hydrogen-bond acceptors (Lipinski definition) is 5. The zero-order valence-corrected chi connectivity index (χ0v) is 17.1. The number of carbonyl (C=O) groups excluding carboxylic acids is 2. The number of hydrogen-bond donors (Lipinski definition) is 1. The highest BCUT2D eigenvalue weighted by molar-refractivity contribution is 7.90. The molecule has 1 aliphatic carbocycles. The number of benzene rings is 1. The second-order valence-electron chi connectivity index (χ2n) is 7.61. The molecule has 1 aliphatic rings. The Morgan fingerprint density at radius 2 is 1.85 bits per heavy atom. The number of esters is 1. The first kappa shape index (κ1) is 21.4. The average Bonchev–Trinajstić information content (AvgIpc) is 2.56. The third-order valence-corrected chi connectivity index (χ3v) is 6.34. The van der Waals surface area contributed by atoms with Crippen LogP contribution < -0.4 is 5.32 Å². The van der Waals surface area contributed by atoms with Crippen LogP contribution in [0.25, 0.3) is 0 Å². The molecule has 0 spiro atoms. The maximum Gasteiger partial charge on any atom is 0.328 e. The number of sulfone groups is 1. The van der Waals surface area contributed by atoms with Gasteiger partial charge in [-0.25, -0.2) is 13.2 Å². The van der Waals surface area contributed by atoms with Crippen LogP contribution in [-0.2, 0) is 30.6 Å². The lowest BCUT2D eigenvalue weighted by atomic mass is 9.65. The van der Waals surface area contributed by atoms with Gasteiger partial charge in [0, 0.05) is 23.8 Å². The number of rotatable bonds is 9. The lowest BCUT2D eigenvalue weighted by Crippen LogP contribution is -2.52. The Hall–Kier alpha value is -1.89. The fourth-order valence-corrected chi connectivity index (χ4v) is 4.14. The zero-order valence-electron chi connectivity index (χ0n) is 16.3. The maximum atomic E-state index is 12.9. The van der Waals surface area contributed by atoms with E-state index in [2.05, 4.69) is 5.32 Å². The molecule has 1 N–H and O–H groups in total. The molecule has 6 nitrogen and oxygen atoms in total. The molecule has 0 radical (unpaired) electrons. The molecule has 0 saturated heterocycles. The molecular formula is C20H29NO5S. The highest BCUT2D eigenvalue weighted by Crippen LogP contribution is 2.45. The van der Waals surface area contributed by atoms with Gasteiger partial charge in [-0.15, -0.1) is 0 Å². The number of methoxy groups -OCH3 is 1. The van der Waals surface area contributed by atoms with Crippen molar-refractivity contribution in [3.05, 3.63) is 35.4 Å². The number of aryl methyl sites for hydroxylation is 1. The molecule has 1 atom stereocenters. The predicted octanol–water partition coefficient (Wildman–Crippen LogP) is 2.19. The van der Waals surface area contributed by atoms with E-state index in [1.165, 1.54) is 13.4 Å². The number of ether oxygens (including phenoxy) is 1. The minimum absolute atomic E-state index is 0.0752. The molecule has 0 aliphatic heterocycles. The molecule has 0 bridgehead atoms. The number of nitrogens with one attached hydrogen (secondary N) is 1. The van der Waals surface area contributed by atoms with E-state index in [4.69, 9.17) is 4.74 Å². The average molecular weight is 396 g/mol. The van der Waals surface area contributed by atoms with Crippen LogP contribution in [0.1, 0.15) is 43.2 Å². The first-order valence-corrected chi connectivity index (χ1v) is 11.3. The van der Waals surface area contributed by atoms with Crippen LogP contribution in [0.4, 0.5) is 0 Å². The summed E-state index contributed by atoms with van der Waals surface area (Å²) >= 11 is 0. The van der Waals surface area contributed by atoms with Gasteiger partial charge in [-0.1, -0.05) is 36.2 Å². The summed E-state index contributed by atoms with van der Waals surface area (Å²) in [5.74, 6) is -0.578. The SMILES string of the molecule is COC(=O)C(Cc1ccc(C)cc1)NC(=O)C1(CCCS(C)(=O)=O)CCC1. The molecule has 1 saturated carbocycles. The molecule has 1 fully saturated rings. The molecule has 1 amide bonds. The smallest absolute Gasteiger partial charge is 0.328 e. The quantitative estimate of drug-likeness (QED) is 0.648. The minimum Gasteiger partial charge on any atom is -0.467 e. The molecule has 150 valence electrons. The Bertz CT molecular complexity index is 766. The van der Waals surface area contributed by atoms with Gasteiger partial charge in [0.2, 0.25) is 5.91 Å². The molecule has 1 aromatic carbocycles. The van der Waals surface area contributed by atoms with E-state index in [1.807, 2.05) is 31.2 Å². The van der Waals surface area contributed by atoms with Crippen LogP contribution in [0.5, 0.6) is 0 Å². The van der Waals surface area contributed by atoms with Crippen molar-refractivity contribution in [3.63, 3.8) is 0 Å². The summed E-state index contributed by atoms with van der Waals surface area (Å²) in [6.45, 7) is 1.99. The summed E-state index contributed by atoms with van der Waals surface area (Å²) in [6, 6.07) is 7.04. The van der Waals surface area contributed by atoms with Gasteiger partial charge in [-0.05, 0) is 38.2 Å². The molecule has 7 heteroatoms. The van der Waals surface area contributed by atoms with Gasteiger partial charge in [0.05, 0.1) is 7.11 Å². The first-order chi connectivity index (χ1) is 12.6. The number of amides is 1. The van der Waals surface area contributed by atoms with Crippen molar-refractivity contribution < 1.29 is 22.7 Å². The van der Waals surface area contributed by atoms with E-state index < -0.39 is 27.3 Å². The van der Waals surface area contributed by atoms with Crippen LogP contribution in [0.2, 0.25) is 0 Å². The Balaban J connectivity index is 2.04. The fourth-order valence-electron chi connectivity index (χ4n) is 3.47. The van der Waals surface area contributed by atoms with Crippen molar-refractivity contribution in [3.8, 4) is 0 Å². The van der Waals surface area contributed by atoms with Crippen molar-refractivity contribution in [2.24, 2.45) is 5.41 Å². The van der Waals surface area contributed by atoms with Crippen molar-refractivity contribution in [1.29, 1.82) is 0 Å². The van der Waals surface area contributed by atoms with E-state index >= 15 is 0 Å². The largest absolute Gasteiger partial charge is 0.467 e. The van der Waals surface area contributed by atoms with Crippen molar-refractivity contribution in [1.82, 2.24) is 5.32 Å². The normalized spacial score (nSPS) is 16.9. The van der Waals surface area contributed by atoms with Gasteiger partial charge in [0.25, 0.3) is 0 Å². The van der Waals surface area contributed by atoms with Crippen LogP contribution in [0, 0.1) is 12.3 Å². The van der Waals surface area contributed by atoms with Gasteiger partial charge >= 0.3 is 5.97 Å². The van der Waals surface area contributed by atoms with Crippen molar-refractivity contribution in [2.75, 3.05) is 19.1 Å². The summed E-state index contributed by atoms with van der Waals surface area (Å²) in [4.78, 5) is 25.1. The topological polar surface area (TPSA) is 89.5 Å². The van der Waals surface area contributed by atoms with E-state index in [0.717, 1.165) is 30.4 Å². The summed E-state index contributed by atoms with van der Waals surface area (Å²) in [7, 11) is -1.74. The molecule has 1 unspecified atom stereocenters. The van der Waals surface area contributed by atoms with Crippen LogP contribution in [0.15, 0.2) is 24.3 Å². The second kappa shape index (κ2) is 8.87. The third kappa shape index (κ3) is 6.06. The molecular weight excluding hydrogens is 366 g/mol. The van der Waals surface area contributed by atoms with Gasteiger partial charge < -0.3 is 10.1 Å². The fraction of sp³-hybridized carbons (Fsp3) is 0.600. The molecule has 27 heavy (non-hydrogen) atoms. The van der Waals surface area contributed by atoms with Gasteiger partial charge in [-0.3, -0.25) is 4.79 Å². The number of carbonyl (C=O) groups is 2. The monoisotopic (exact) mass is 395 g/mol. The molecule has 1 aromatic rings. The van der Waals surface area contributed by atoms with Gasteiger partial charge in [0.15, 0.2) is 0 Å².